The van der Waals surface area contributed by atoms with Crippen molar-refractivity contribution in [1.82, 2.24) is 4.90 Å². The Hall–Kier alpha value is -2.89. The minimum Gasteiger partial charge on any atom is -0.484 e. The lowest BCUT2D eigenvalue weighted by Crippen LogP contribution is -2.33. The molecule has 2 rings (SSSR count). The van der Waals surface area contributed by atoms with Crippen LogP contribution in [-0.4, -0.2) is 29.4 Å². The largest absolute Gasteiger partial charge is 0.484 e. The fourth-order valence-corrected chi connectivity index (χ4v) is 2.39. The van der Waals surface area contributed by atoms with Crippen LogP contribution in [0.5, 0.6) is 5.75 Å². The van der Waals surface area contributed by atoms with Crippen LogP contribution in [0.2, 0.25) is 0 Å². The van der Waals surface area contributed by atoms with Gasteiger partial charge >= 0.3 is 0 Å². The third kappa shape index (κ3) is 4.56. The molecule has 2 aromatic rings. The average molecular weight is 342 g/mol. The summed E-state index contributed by atoms with van der Waals surface area (Å²) >= 11 is 0. The van der Waals surface area contributed by atoms with Gasteiger partial charge in [-0.15, -0.1) is 0 Å². The average Bonchev–Trinajstić information content (AvgIpc) is 2.61. The molecule has 6 heteroatoms. The smallest absolute Gasteiger partial charge is 0.269 e. The van der Waals surface area contributed by atoms with Crippen molar-refractivity contribution in [3.05, 3.63) is 69.3 Å². The number of aryl methyl sites for hydroxylation is 2. The van der Waals surface area contributed by atoms with Crippen molar-refractivity contribution in [3.8, 4) is 5.75 Å². The Morgan fingerprint density at radius 1 is 1.20 bits per heavy atom. The number of non-ortho nitro benzene ring substituents is 1. The molecule has 0 radical (unpaired) electrons. The van der Waals surface area contributed by atoms with E-state index in [2.05, 4.69) is 0 Å². The van der Waals surface area contributed by atoms with Gasteiger partial charge in [-0.05, 0) is 49.6 Å². The highest BCUT2D eigenvalue weighted by molar-refractivity contribution is 5.78. The monoisotopic (exact) mass is 342 g/mol. The summed E-state index contributed by atoms with van der Waals surface area (Å²) in [6, 6.07) is 11.7. The second-order valence-corrected chi connectivity index (χ2v) is 6.07. The van der Waals surface area contributed by atoms with E-state index in [9.17, 15) is 14.9 Å². The number of carbonyl (C=O) groups is 1. The highest BCUT2D eigenvalue weighted by Gasteiger charge is 2.19. The van der Waals surface area contributed by atoms with Crippen LogP contribution in [0.1, 0.15) is 29.7 Å². The van der Waals surface area contributed by atoms with E-state index in [1.165, 1.54) is 17.0 Å². The number of likely N-dealkylation sites (N-methyl/N-ethyl adjacent to an activating group) is 1. The molecule has 0 saturated carbocycles. The zero-order valence-electron chi connectivity index (χ0n) is 14.9. The Kier molecular flexibility index (Phi) is 5.75. The number of rotatable bonds is 6. The van der Waals surface area contributed by atoms with E-state index in [-0.39, 0.29) is 24.2 Å². The molecule has 132 valence electrons. The molecule has 0 aliphatic rings. The molecule has 0 heterocycles. The van der Waals surface area contributed by atoms with Crippen LogP contribution in [0, 0.1) is 24.0 Å². The van der Waals surface area contributed by atoms with E-state index in [1.54, 1.807) is 19.2 Å². The van der Waals surface area contributed by atoms with E-state index in [0.29, 0.717) is 11.3 Å². The number of carbonyl (C=O) groups excluding carboxylic acids is 1. The maximum Gasteiger partial charge on any atom is 0.269 e. The minimum absolute atomic E-state index is 0.0107. The highest BCUT2D eigenvalue weighted by Crippen LogP contribution is 2.23. The molecule has 25 heavy (non-hydrogen) atoms. The van der Waals surface area contributed by atoms with Crippen molar-refractivity contribution >= 4 is 11.6 Å². The summed E-state index contributed by atoms with van der Waals surface area (Å²) in [5.41, 5.74) is 2.98. The van der Waals surface area contributed by atoms with Crippen LogP contribution in [0.15, 0.2) is 42.5 Å². The number of hydrogen-bond acceptors (Lipinski definition) is 4. The van der Waals surface area contributed by atoms with Crippen LogP contribution in [-0.2, 0) is 4.79 Å². The predicted molar refractivity (Wildman–Crippen MR) is 95.7 cm³/mol. The third-order valence-corrected chi connectivity index (χ3v) is 4.38. The third-order valence-electron chi connectivity index (χ3n) is 4.38. The maximum atomic E-state index is 12.4. The lowest BCUT2D eigenvalue weighted by atomic mass is 10.1. The van der Waals surface area contributed by atoms with Gasteiger partial charge in [0, 0.05) is 19.2 Å². The molecule has 0 saturated heterocycles. The summed E-state index contributed by atoms with van der Waals surface area (Å²) in [5.74, 6) is 0.449. The molecule has 0 N–H and O–H groups in total. The molecule has 1 amide bonds. The Labute approximate surface area is 147 Å². The van der Waals surface area contributed by atoms with E-state index >= 15 is 0 Å². The molecule has 1 atom stereocenters. The van der Waals surface area contributed by atoms with Gasteiger partial charge in [-0.1, -0.05) is 18.2 Å². The molecule has 2 aromatic carbocycles. The number of amides is 1. The molecule has 0 unspecified atom stereocenters. The van der Waals surface area contributed by atoms with Gasteiger partial charge in [-0.25, -0.2) is 0 Å². The second-order valence-electron chi connectivity index (χ2n) is 6.07. The summed E-state index contributed by atoms with van der Waals surface area (Å²) in [4.78, 5) is 24.3. The van der Waals surface area contributed by atoms with Crippen LogP contribution in [0.25, 0.3) is 0 Å². The van der Waals surface area contributed by atoms with E-state index < -0.39 is 4.92 Å². The molecule has 0 aliphatic carbocycles. The first-order valence-electron chi connectivity index (χ1n) is 7.99. The first kappa shape index (κ1) is 18.4. The lowest BCUT2D eigenvalue weighted by Gasteiger charge is -2.25. The first-order chi connectivity index (χ1) is 11.8. The van der Waals surface area contributed by atoms with Gasteiger partial charge in [0.05, 0.1) is 11.0 Å². The molecule has 0 aliphatic heterocycles. The molecule has 6 nitrogen and oxygen atoms in total. The van der Waals surface area contributed by atoms with Crippen molar-refractivity contribution in [1.29, 1.82) is 0 Å². The number of ether oxygens (including phenoxy) is 1. The zero-order chi connectivity index (χ0) is 18.6. The van der Waals surface area contributed by atoms with Gasteiger partial charge in [0.25, 0.3) is 11.6 Å². The fraction of sp³-hybridized carbons (Fsp3) is 0.316. The quantitative estimate of drug-likeness (QED) is 0.591. The number of hydrogen-bond donors (Lipinski definition) is 0. The predicted octanol–water partition coefficient (Wildman–Crippen LogP) is 3.81. The fourth-order valence-electron chi connectivity index (χ4n) is 2.39. The van der Waals surface area contributed by atoms with Crippen LogP contribution in [0.3, 0.4) is 0 Å². The molecule has 0 fully saturated rings. The van der Waals surface area contributed by atoms with Crippen LogP contribution < -0.4 is 4.74 Å². The Bertz CT molecular complexity index is 789. The zero-order valence-corrected chi connectivity index (χ0v) is 14.9. The highest BCUT2D eigenvalue weighted by atomic mass is 16.6. The lowest BCUT2D eigenvalue weighted by molar-refractivity contribution is -0.384. The van der Waals surface area contributed by atoms with Crippen molar-refractivity contribution in [2.24, 2.45) is 0 Å². The molecule has 0 spiro atoms. The van der Waals surface area contributed by atoms with E-state index in [4.69, 9.17) is 4.74 Å². The summed E-state index contributed by atoms with van der Waals surface area (Å²) in [6.45, 7) is 5.74. The number of nitrogens with zero attached hydrogens (tertiary/aromatic N) is 2. The number of nitro groups is 1. The summed E-state index contributed by atoms with van der Waals surface area (Å²) in [6.07, 6.45) is 0. The van der Waals surface area contributed by atoms with Crippen molar-refractivity contribution in [2.45, 2.75) is 26.8 Å². The number of benzene rings is 2. The Morgan fingerprint density at radius 2 is 1.92 bits per heavy atom. The van der Waals surface area contributed by atoms with Gasteiger partial charge < -0.3 is 9.64 Å². The van der Waals surface area contributed by atoms with Crippen molar-refractivity contribution in [3.63, 3.8) is 0 Å². The maximum absolute atomic E-state index is 12.4. The summed E-state index contributed by atoms with van der Waals surface area (Å²) in [7, 11) is 1.66. The van der Waals surface area contributed by atoms with Gasteiger partial charge in [-0.3, -0.25) is 14.9 Å². The van der Waals surface area contributed by atoms with Crippen molar-refractivity contribution in [2.75, 3.05) is 13.7 Å². The normalized spacial score (nSPS) is 11.7. The van der Waals surface area contributed by atoms with Gasteiger partial charge in [-0.2, -0.15) is 0 Å². The molecule has 0 bridgehead atoms. The molecular formula is C19H22N2O4. The Morgan fingerprint density at radius 3 is 2.56 bits per heavy atom. The standard InChI is InChI=1S/C19H22N2O4/c1-13-8-9-18(10-14(13)2)25-12-19(22)20(4)15(3)16-6-5-7-17(11-16)21(23)24/h5-11,15H,12H2,1-4H3/t15-/m1/s1. The second kappa shape index (κ2) is 7.79. The molecular weight excluding hydrogens is 320 g/mol. The van der Waals surface area contributed by atoms with Crippen LogP contribution >= 0.6 is 0 Å². The van der Waals surface area contributed by atoms with Crippen molar-refractivity contribution < 1.29 is 14.5 Å². The van der Waals surface area contributed by atoms with Gasteiger partial charge in [0.1, 0.15) is 5.75 Å². The van der Waals surface area contributed by atoms with Gasteiger partial charge in [0.2, 0.25) is 0 Å². The van der Waals surface area contributed by atoms with Gasteiger partial charge in [0.15, 0.2) is 6.61 Å². The van der Waals surface area contributed by atoms with E-state index in [1.807, 2.05) is 39.0 Å². The summed E-state index contributed by atoms with van der Waals surface area (Å²) in [5, 5.41) is 10.9. The Balaban J connectivity index is 2.02. The van der Waals surface area contributed by atoms with Crippen LogP contribution in [0.4, 0.5) is 5.69 Å². The summed E-state index contributed by atoms with van der Waals surface area (Å²) < 4.78 is 5.57. The SMILES string of the molecule is Cc1ccc(OCC(=O)N(C)[C@H](C)c2cccc([N+](=O)[O-])c2)cc1C. The van der Waals surface area contributed by atoms with E-state index in [0.717, 1.165) is 11.1 Å². The molecule has 0 aromatic heterocycles. The number of nitro benzene ring substituents is 1. The minimum atomic E-state index is -0.444. The first-order valence-corrected chi connectivity index (χ1v) is 7.99. The topological polar surface area (TPSA) is 72.7 Å².